The quantitative estimate of drug-likeness (QED) is 0.674. The topological polar surface area (TPSA) is 38.3 Å². The van der Waals surface area contributed by atoms with Gasteiger partial charge in [-0.05, 0) is 12.0 Å². The molecule has 1 saturated heterocycles. The van der Waals surface area contributed by atoms with E-state index in [2.05, 4.69) is 4.74 Å². The Kier molecular flexibility index (Phi) is 3.64. The lowest BCUT2D eigenvalue weighted by molar-refractivity contribution is -0.369. The molecule has 1 aliphatic heterocycles. The van der Waals surface area contributed by atoms with Crippen LogP contribution in [0.5, 0.6) is 0 Å². The second-order valence-corrected chi connectivity index (χ2v) is 4.48. The van der Waals surface area contributed by atoms with Gasteiger partial charge in [-0.1, -0.05) is 30.3 Å². The van der Waals surface area contributed by atoms with Crippen LogP contribution in [-0.2, 0) is 16.0 Å². The van der Waals surface area contributed by atoms with Gasteiger partial charge < -0.3 is 4.74 Å². The summed E-state index contributed by atoms with van der Waals surface area (Å²) in [7, 11) is 0. The Labute approximate surface area is 114 Å². The molecule has 1 atom stereocenters. The second kappa shape index (κ2) is 4.90. The Bertz CT molecular complexity index is 511. The van der Waals surface area contributed by atoms with E-state index < -0.39 is 30.1 Å². The Morgan fingerprint density at radius 1 is 1.05 bits per heavy atom. The van der Waals surface area contributed by atoms with Crippen LogP contribution >= 0.6 is 0 Å². The number of halogens is 6. The highest BCUT2D eigenvalue weighted by atomic mass is 19.4. The molecule has 9 heteroatoms. The Hall–Kier alpha value is -1.77. The molecule has 1 unspecified atom stereocenters. The maximum absolute atomic E-state index is 12.7. The van der Waals surface area contributed by atoms with Gasteiger partial charge in [0.25, 0.3) is 0 Å². The Morgan fingerprint density at radius 3 is 2.00 bits per heavy atom. The number of esters is 1. The maximum atomic E-state index is 12.7. The summed E-state index contributed by atoms with van der Waals surface area (Å²) >= 11 is 0. The fourth-order valence-electron chi connectivity index (χ4n) is 1.98. The summed E-state index contributed by atoms with van der Waals surface area (Å²) in [6, 6.07) is 5.97. The van der Waals surface area contributed by atoms with Gasteiger partial charge in [-0.25, -0.2) is 0 Å². The van der Waals surface area contributed by atoms with Gasteiger partial charge in [0, 0.05) is 0 Å². The van der Waals surface area contributed by atoms with E-state index in [1.165, 1.54) is 17.4 Å². The normalized spacial score (nSPS) is 22.2. The summed E-state index contributed by atoms with van der Waals surface area (Å²) < 4.78 is 80.1. The van der Waals surface area contributed by atoms with Gasteiger partial charge in [-0.15, -0.1) is 0 Å². The predicted molar refractivity (Wildman–Crippen MR) is 58.0 cm³/mol. The summed E-state index contributed by atoms with van der Waals surface area (Å²) in [5.41, 5.74) is -4.25. The highest BCUT2D eigenvalue weighted by Crippen LogP contribution is 2.46. The van der Waals surface area contributed by atoms with Gasteiger partial charge in [0.2, 0.25) is 0 Å². The summed E-state index contributed by atoms with van der Waals surface area (Å²) in [5, 5.41) is 1.26. The van der Waals surface area contributed by atoms with Gasteiger partial charge in [0.1, 0.15) is 6.04 Å². The van der Waals surface area contributed by atoms with Gasteiger partial charge in [0.05, 0.1) is 0 Å². The number of hydrogen-bond donors (Lipinski definition) is 1. The summed E-state index contributed by atoms with van der Waals surface area (Å²) in [6.45, 7) is 0. The molecule has 0 spiro atoms. The molecule has 1 aromatic carbocycles. The average Bonchev–Trinajstić information content (AvgIpc) is 2.68. The minimum atomic E-state index is -5.81. The van der Waals surface area contributed by atoms with Crippen LogP contribution in [0, 0.1) is 0 Å². The van der Waals surface area contributed by atoms with Gasteiger partial charge in [0.15, 0.2) is 0 Å². The first-order chi connectivity index (χ1) is 9.57. The third kappa shape index (κ3) is 2.69. The number of alkyl halides is 6. The number of ether oxygens (including phenoxy) is 1. The molecule has 3 nitrogen and oxygen atoms in total. The average molecular weight is 313 g/mol. The second-order valence-electron chi connectivity index (χ2n) is 4.48. The maximum Gasteiger partial charge on any atom is 0.452 e. The molecular formula is C12H9F6NO2. The van der Waals surface area contributed by atoms with E-state index in [0.29, 0.717) is 5.56 Å². The zero-order chi connectivity index (χ0) is 15.9. The van der Waals surface area contributed by atoms with E-state index in [1.807, 2.05) is 0 Å². The number of rotatable bonds is 2. The van der Waals surface area contributed by atoms with Crippen LogP contribution in [0.2, 0.25) is 0 Å². The number of benzene rings is 1. The zero-order valence-corrected chi connectivity index (χ0v) is 10.3. The fraction of sp³-hybridized carbons (Fsp3) is 0.417. The zero-order valence-electron chi connectivity index (χ0n) is 10.3. The van der Waals surface area contributed by atoms with Crippen molar-refractivity contribution in [1.29, 1.82) is 0 Å². The van der Waals surface area contributed by atoms with Crippen LogP contribution in [0.25, 0.3) is 0 Å². The monoisotopic (exact) mass is 313 g/mol. The number of nitrogens with one attached hydrogen (secondary N) is 1. The van der Waals surface area contributed by atoms with Crippen LogP contribution in [0.1, 0.15) is 5.56 Å². The molecular weight excluding hydrogens is 304 g/mol. The first kappa shape index (κ1) is 15.6. The molecule has 0 aromatic heterocycles. The molecule has 1 aliphatic rings. The van der Waals surface area contributed by atoms with Crippen LogP contribution in [-0.4, -0.2) is 30.1 Å². The van der Waals surface area contributed by atoms with Crippen molar-refractivity contribution < 1.29 is 35.9 Å². The molecule has 0 aliphatic carbocycles. The van der Waals surface area contributed by atoms with Crippen molar-refractivity contribution in [3.63, 3.8) is 0 Å². The number of cyclic esters (lactones) is 1. The predicted octanol–water partition coefficient (Wildman–Crippen LogP) is 2.57. The van der Waals surface area contributed by atoms with E-state index in [9.17, 15) is 31.1 Å². The first-order valence-electron chi connectivity index (χ1n) is 5.75. The van der Waals surface area contributed by atoms with E-state index in [1.54, 1.807) is 18.2 Å². The number of hydrogen-bond acceptors (Lipinski definition) is 3. The van der Waals surface area contributed by atoms with Gasteiger partial charge >= 0.3 is 24.0 Å². The van der Waals surface area contributed by atoms with Crippen LogP contribution in [0.15, 0.2) is 30.3 Å². The molecule has 21 heavy (non-hydrogen) atoms. The van der Waals surface area contributed by atoms with Crippen molar-refractivity contribution in [2.24, 2.45) is 0 Å². The van der Waals surface area contributed by atoms with Crippen molar-refractivity contribution in [1.82, 2.24) is 5.32 Å². The third-order valence-electron chi connectivity index (χ3n) is 3.00. The van der Waals surface area contributed by atoms with Crippen molar-refractivity contribution in [2.75, 3.05) is 0 Å². The highest BCUT2D eigenvalue weighted by molar-refractivity contribution is 5.79. The summed E-state index contributed by atoms with van der Waals surface area (Å²) in [6.07, 6.45) is -12.0. The summed E-state index contributed by atoms with van der Waals surface area (Å²) in [5.74, 6) is -1.59. The van der Waals surface area contributed by atoms with E-state index in [-0.39, 0.29) is 6.42 Å². The van der Waals surface area contributed by atoms with E-state index >= 15 is 0 Å². The largest absolute Gasteiger partial charge is 0.452 e. The van der Waals surface area contributed by atoms with E-state index in [4.69, 9.17) is 0 Å². The van der Waals surface area contributed by atoms with Gasteiger partial charge in [-0.3, -0.25) is 10.1 Å². The third-order valence-corrected chi connectivity index (χ3v) is 3.00. The van der Waals surface area contributed by atoms with Crippen molar-refractivity contribution >= 4 is 5.97 Å². The molecule has 1 aromatic rings. The summed E-state index contributed by atoms with van der Waals surface area (Å²) in [4.78, 5) is 11.4. The standard InChI is InChI=1S/C12H9F6NO2/c13-11(14,15)10(12(16,17)18)19-8(9(20)21-10)6-7-4-2-1-3-5-7/h1-5,8,19H,6H2. The lowest BCUT2D eigenvalue weighted by Crippen LogP contribution is -2.65. The smallest absolute Gasteiger partial charge is 0.424 e. The van der Waals surface area contributed by atoms with Crippen molar-refractivity contribution in [3.05, 3.63) is 35.9 Å². The molecule has 0 amide bonds. The first-order valence-corrected chi connectivity index (χ1v) is 5.75. The minimum Gasteiger partial charge on any atom is -0.424 e. The van der Waals surface area contributed by atoms with Crippen LogP contribution in [0.3, 0.4) is 0 Å². The Balaban J connectivity index is 2.28. The van der Waals surface area contributed by atoms with E-state index in [0.717, 1.165) is 0 Å². The molecule has 2 rings (SSSR count). The number of carbonyl (C=O) groups is 1. The van der Waals surface area contributed by atoms with Crippen LogP contribution in [0.4, 0.5) is 26.3 Å². The molecule has 0 radical (unpaired) electrons. The lowest BCUT2D eigenvalue weighted by Gasteiger charge is -2.31. The molecule has 0 saturated carbocycles. The molecule has 1 fully saturated rings. The molecule has 1 N–H and O–H groups in total. The van der Waals surface area contributed by atoms with Crippen molar-refractivity contribution in [3.8, 4) is 0 Å². The molecule has 116 valence electrons. The lowest BCUT2D eigenvalue weighted by atomic mass is 10.1. The SMILES string of the molecule is O=C1OC(C(F)(F)F)(C(F)(F)F)NC1Cc1ccccc1. The Morgan fingerprint density at radius 2 is 1.57 bits per heavy atom. The van der Waals surface area contributed by atoms with Crippen LogP contribution < -0.4 is 5.32 Å². The highest BCUT2D eigenvalue weighted by Gasteiger charge is 2.78. The number of carbonyl (C=O) groups excluding carboxylic acids is 1. The molecule has 0 bridgehead atoms. The van der Waals surface area contributed by atoms with Gasteiger partial charge in [-0.2, -0.15) is 26.3 Å². The van der Waals surface area contributed by atoms with Crippen molar-refractivity contribution in [2.45, 2.75) is 30.5 Å². The molecule has 1 heterocycles. The fourth-order valence-corrected chi connectivity index (χ4v) is 1.98. The minimum absolute atomic E-state index is 0.340.